The van der Waals surface area contributed by atoms with Crippen molar-refractivity contribution in [1.29, 1.82) is 0 Å². The smallest absolute Gasteiger partial charge is 0.306 e. The lowest BCUT2D eigenvalue weighted by Crippen LogP contribution is -2.48. The van der Waals surface area contributed by atoms with Gasteiger partial charge in [0.15, 0.2) is 0 Å². The zero-order valence-corrected chi connectivity index (χ0v) is 11.4. The van der Waals surface area contributed by atoms with E-state index < -0.39 is 22.1 Å². The summed E-state index contributed by atoms with van der Waals surface area (Å²) in [7, 11) is -3.39. The Morgan fingerprint density at radius 1 is 1.17 bits per heavy atom. The average molecular weight is 276 g/mol. The Bertz CT molecular complexity index is 415. The van der Waals surface area contributed by atoms with Crippen LogP contribution in [-0.4, -0.2) is 53.8 Å². The highest BCUT2D eigenvalue weighted by molar-refractivity contribution is 7.86. The van der Waals surface area contributed by atoms with E-state index in [1.54, 1.807) is 4.31 Å². The maximum Gasteiger partial charge on any atom is 0.306 e. The van der Waals surface area contributed by atoms with Gasteiger partial charge in [-0.25, -0.2) is 0 Å². The summed E-state index contributed by atoms with van der Waals surface area (Å²) in [4.78, 5) is 10.8. The van der Waals surface area contributed by atoms with Gasteiger partial charge in [0, 0.05) is 25.7 Å². The maximum atomic E-state index is 12.4. The van der Waals surface area contributed by atoms with Crippen molar-refractivity contribution in [1.82, 2.24) is 8.61 Å². The molecule has 0 amide bonds. The van der Waals surface area contributed by atoms with Gasteiger partial charge in [0.2, 0.25) is 0 Å². The predicted molar refractivity (Wildman–Crippen MR) is 66.3 cm³/mol. The van der Waals surface area contributed by atoms with E-state index >= 15 is 0 Å². The first-order chi connectivity index (χ1) is 8.43. The molecule has 0 spiro atoms. The Morgan fingerprint density at radius 3 is 2.22 bits per heavy atom. The van der Waals surface area contributed by atoms with Crippen LogP contribution in [0.1, 0.15) is 32.6 Å². The van der Waals surface area contributed by atoms with Crippen molar-refractivity contribution in [3.63, 3.8) is 0 Å². The minimum absolute atomic E-state index is 0.0622. The molecule has 0 aliphatic carbocycles. The Morgan fingerprint density at radius 2 is 1.78 bits per heavy atom. The molecule has 0 saturated carbocycles. The third-order valence-electron chi connectivity index (χ3n) is 3.92. The number of carboxylic acid groups (broad SMARTS) is 1. The second kappa shape index (κ2) is 5.14. The quantitative estimate of drug-likeness (QED) is 0.815. The Balaban J connectivity index is 2.02. The summed E-state index contributed by atoms with van der Waals surface area (Å²) in [5.41, 5.74) is 0. The summed E-state index contributed by atoms with van der Waals surface area (Å²) < 4.78 is 27.7. The van der Waals surface area contributed by atoms with Gasteiger partial charge in [-0.2, -0.15) is 17.0 Å². The fourth-order valence-electron chi connectivity index (χ4n) is 2.73. The lowest BCUT2D eigenvalue weighted by molar-refractivity contribution is -0.142. The van der Waals surface area contributed by atoms with Crippen LogP contribution in [-0.2, 0) is 15.0 Å². The van der Waals surface area contributed by atoms with E-state index in [-0.39, 0.29) is 6.04 Å². The molecule has 104 valence electrons. The second-order valence-electron chi connectivity index (χ2n) is 5.12. The molecular weight excluding hydrogens is 256 g/mol. The van der Waals surface area contributed by atoms with Crippen LogP contribution in [0.4, 0.5) is 0 Å². The summed E-state index contributed by atoms with van der Waals surface area (Å²) in [6.07, 6.45) is 2.64. The van der Waals surface area contributed by atoms with Crippen LogP contribution in [0, 0.1) is 5.92 Å². The molecular formula is C11H20N2O4S. The highest BCUT2D eigenvalue weighted by Gasteiger charge is 2.38. The topological polar surface area (TPSA) is 77.9 Å². The number of piperidine rings is 1. The van der Waals surface area contributed by atoms with Crippen LogP contribution in [0.2, 0.25) is 0 Å². The van der Waals surface area contributed by atoms with E-state index in [1.807, 2.05) is 6.92 Å². The molecule has 1 N–H and O–H groups in total. The molecule has 2 rings (SSSR count). The molecule has 1 unspecified atom stereocenters. The maximum absolute atomic E-state index is 12.4. The monoisotopic (exact) mass is 276 g/mol. The first-order valence-corrected chi connectivity index (χ1v) is 7.82. The Hall–Kier alpha value is -0.660. The average Bonchev–Trinajstić information content (AvgIpc) is 2.76. The highest BCUT2D eigenvalue weighted by Crippen LogP contribution is 2.26. The molecule has 2 aliphatic rings. The number of carboxylic acids is 1. The van der Waals surface area contributed by atoms with E-state index in [1.165, 1.54) is 4.31 Å². The molecule has 0 radical (unpaired) electrons. The minimum atomic E-state index is -3.39. The van der Waals surface area contributed by atoms with Gasteiger partial charge in [0.1, 0.15) is 0 Å². The first-order valence-electron chi connectivity index (χ1n) is 6.42. The molecule has 0 aromatic carbocycles. The number of rotatable bonds is 3. The SMILES string of the molecule is CC1CCCN1S(=O)(=O)N1CCC(C(=O)O)CC1. The number of aliphatic carboxylic acids is 1. The molecule has 6 nitrogen and oxygen atoms in total. The summed E-state index contributed by atoms with van der Waals surface area (Å²) in [5, 5.41) is 8.90. The van der Waals surface area contributed by atoms with E-state index in [9.17, 15) is 13.2 Å². The lowest BCUT2D eigenvalue weighted by atomic mass is 9.99. The van der Waals surface area contributed by atoms with Gasteiger partial charge >= 0.3 is 5.97 Å². The van der Waals surface area contributed by atoms with Crippen molar-refractivity contribution in [3.8, 4) is 0 Å². The van der Waals surface area contributed by atoms with E-state index in [2.05, 4.69) is 0 Å². The van der Waals surface area contributed by atoms with Crippen LogP contribution in [0.5, 0.6) is 0 Å². The third kappa shape index (κ3) is 2.53. The zero-order valence-electron chi connectivity index (χ0n) is 10.6. The number of nitrogens with zero attached hydrogens (tertiary/aromatic N) is 2. The van der Waals surface area contributed by atoms with E-state index in [0.29, 0.717) is 32.5 Å². The summed E-state index contributed by atoms with van der Waals surface area (Å²) in [6, 6.07) is 0.0622. The van der Waals surface area contributed by atoms with Crippen molar-refractivity contribution in [2.75, 3.05) is 19.6 Å². The van der Waals surface area contributed by atoms with Crippen LogP contribution in [0.3, 0.4) is 0 Å². The second-order valence-corrected chi connectivity index (χ2v) is 7.00. The number of carbonyl (C=O) groups is 1. The molecule has 2 aliphatic heterocycles. The molecule has 18 heavy (non-hydrogen) atoms. The van der Waals surface area contributed by atoms with Gasteiger partial charge in [-0.05, 0) is 32.6 Å². The zero-order chi connectivity index (χ0) is 13.3. The van der Waals surface area contributed by atoms with Crippen LogP contribution in [0.25, 0.3) is 0 Å². The Labute approximate surface area is 108 Å². The number of hydrogen-bond acceptors (Lipinski definition) is 3. The van der Waals surface area contributed by atoms with Gasteiger partial charge < -0.3 is 5.11 Å². The van der Waals surface area contributed by atoms with Crippen molar-refractivity contribution < 1.29 is 18.3 Å². The van der Waals surface area contributed by atoms with E-state index in [4.69, 9.17) is 5.11 Å². The van der Waals surface area contributed by atoms with Gasteiger partial charge in [0.25, 0.3) is 10.2 Å². The van der Waals surface area contributed by atoms with Gasteiger partial charge in [-0.1, -0.05) is 0 Å². The normalized spacial score (nSPS) is 28.6. The van der Waals surface area contributed by atoms with Crippen LogP contribution < -0.4 is 0 Å². The fourth-order valence-corrected chi connectivity index (χ4v) is 4.62. The van der Waals surface area contributed by atoms with Crippen molar-refractivity contribution >= 4 is 16.2 Å². The molecule has 7 heteroatoms. The van der Waals surface area contributed by atoms with Gasteiger partial charge in [-0.15, -0.1) is 0 Å². The van der Waals surface area contributed by atoms with Gasteiger partial charge in [-0.3, -0.25) is 4.79 Å². The van der Waals surface area contributed by atoms with Crippen molar-refractivity contribution in [2.45, 2.75) is 38.6 Å². The van der Waals surface area contributed by atoms with Crippen LogP contribution >= 0.6 is 0 Å². The third-order valence-corrected chi connectivity index (χ3v) is 6.07. The molecule has 0 aromatic heterocycles. The molecule has 2 saturated heterocycles. The predicted octanol–water partition coefficient (Wildman–Crippen LogP) is 0.512. The van der Waals surface area contributed by atoms with Crippen molar-refractivity contribution in [3.05, 3.63) is 0 Å². The molecule has 0 aromatic rings. The summed E-state index contributed by atoms with van der Waals surface area (Å²) in [6.45, 7) is 3.15. The minimum Gasteiger partial charge on any atom is -0.481 e. The molecule has 2 heterocycles. The summed E-state index contributed by atoms with van der Waals surface area (Å²) in [5.74, 6) is -1.21. The molecule has 1 atom stereocenters. The first kappa shape index (κ1) is 13.8. The summed E-state index contributed by atoms with van der Waals surface area (Å²) >= 11 is 0. The molecule has 2 fully saturated rings. The molecule has 0 bridgehead atoms. The Kier molecular flexibility index (Phi) is 3.93. The highest BCUT2D eigenvalue weighted by atomic mass is 32.2. The number of hydrogen-bond donors (Lipinski definition) is 1. The van der Waals surface area contributed by atoms with Crippen LogP contribution in [0.15, 0.2) is 0 Å². The lowest BCUT2D eigenvalue weighted by Gasteiger charge is -2.33. The standard InChI is InChI=1S/C11H20N2O4S/c1-9-3-2-6-13(9)18(16,17)12-7-4-10(5-8-12)11(14)15/h9-10H,2-8H2,1H3,(H,14,15). The largest absolute Gasteiger partial charge is 0.481 e. The van der Waals surface area contributed by atoms with Crippen molar-refractivity contribution in [2.24, 2.45) is 5.92 Å². The van der Waals surface area contributed by atoms with E-state index in [0.717, 1.165) is 12.8 Å². The van der Waals surface area contributed by atoms with Gasteiger partial charge in [0.05, 0.1) is 5.92 Å². The fraction of sp³-hybridized carbons (Fsp3) is 0.909.